The summed E-state index contributed by atoms with van der Waals surface area (Å²) in [5.41, 5.74) is 2.02. The van der Waals surface area contributed by atoms with Crippen molar-refractivity contribution >= 4 is 5.97 Å². The Hall–Kier alpha value is -1.35. The van der Waals surface area contributed by atoms with Crippen molar-refractivity contribution in [1.82, 2.24) is 0 Å². The third kappa shape index (κ3) is 3.07. The molecule has 0 amide bonds. The van der Waals surface area contributed by atoms with E-state index in [1.165, 1.54) is 0 Å². The maximum atomic E-state index is 11.3. The lowest BCUT2D eigenvalue weighted by Crippen LogP contribution is -2.18. The fourth-order valence-corrected chi connectivity index (χ4v) is 2.27. The third-order valence-electron chi connectivity index (χ3n) is 3.30. The van der Waals surface area contributed by atoms with E-state index >= 15 is 0 Å². The van der Waals surface area contributed by atoms with Crippen LogP contribution in [0.25, 0.3) is 0 Å². The number of ether oxygens (including phenoxy) is 1. The quantitative estimate of drug-likeness (QED) is 0.871. The van der Waals surface area contributed by atoms with Crippen molar-refractivity contribution in [2.45, 2.75) is 38.2 Å². The Morgan fingerprint density at radius 2 is 2.18 bits per heavy atom. The number of carboxylic acids is 1. The van der Waals surface area contributed by atoms with E-state index in [4.69, 9.17) is 4.74 Å². The van der Waals surface area contributed by atoms with Crippen molar-refractivity contribution < 1.29 is 14.6 Å². The summed E-state index contributed by atoms with van der Waals surface area (Å²) in [6, 6.07) is 7.73. The maximum absolute atomic E-state index is 11.3. The normalized spacial score (nSPS) is 21.4. The van der Waals surface area contributed by atoms with Crippen molar-refractivity contribution in [2.75, 3.05) is 6.61 Å². The Balaban J connectivity index is 2.10. The van der Waals surface area contributed by atoms with Gasteiger partial charge in [0.05, 0.1) is 12.0 Å². The molecule has 2 unspecified atom stereocenters. The molecule has 3 nitrogen and oxygen atoms in total. The molecule has 17 heavy (non-hydrogen) atoms. The van der Waals surface area contributed by atoms with Crippen LogP contribution in [0, 0.1) is 6.92 Å². The molecule has 0 aromatic heterocycles. The molecule has 2 atom stereocenters. The minimum absolute atomic E-state index is 0.109. The van der Waals surface area contributed by atoms with Gasteiger partial charge in [-0.15, -0.1) is 0 Å². The molecule has 1 aliphatic rings. The van der Waals surface area contributed by atoms with Crippen LogP contribution in [0.3, 0.4) is 0 Å². The predicted octanol–water partition coefficient (Wildman–Crippen LogP) is 2.73. The molecule has 0 radical (unpaired) electrons. The topological polar surface area (TPSA) is 46.5 Å². The molecule has 1 aromatic rings. The average molecular weight is 234 g/mol. The number of hydrogen-bond acceptors (Lipinski definition) is 2. The average Bonchev–Trinajstić information content (AvgIpc) is 2.80. The predicted molar refractivity (Wildman–Crippen MR) is 65.1 cm³/mol. The Labute approximate surface area is 101 Å². The molecule has 2 rings (SSSR count). The van der Waals surface area contributed by atoms with Crippen LogP contribution in [-0.4, -0.2) is 23.8 Å². The smallest absolute Gasteiger partial charge is 0.311 e. The molecule has 0 saturated carbocycles. The number of rotatable bonds is 4. The minimum Gasteiger partial charge on any atom is -0.481 e. The largest absolute Gasteiger partial charge is 0.481 e. The van der Waals surface area contributed by atoms with Crippen LogP contribution in [-0.2, 0) is 9.53 Å². The Morgan fingerprint density at radius 1 is 1.47 bits per heavy atom. The van der Waals surface area contributed by atoms with Gasteiger partial charge < -0.3 is 9.84 Å². The van der Waals surface area contributed by atoms with Gasteiger partial charge in [0.25, 0.3) is 0 Å². The summed E-state index contributed by atoms with van der Waals surface area (Å²) in [5, 5.41) is 9.30. The number of hydrogen-bond donors (Lipinski definition) is 1. The van der Waals surface area contributed by atoms with E-state index < -0.39 is 11.9 Å². The third-order valence-corrected chi connectivity index (χ3v) is 3.30. The molecule has 1 fully saturated rings. The number of carboxylic acid groups (broad SMARTS) is 1. The van der Waals surface area contributed by atoms with Crippen molar-refractivity contribution in [2.24, 2.45) is 0 Å². The van der Waals surface area contributed by atoms with Crippen molar-refractivity contribution in [1.29, 1.82) is 0 Å². The summed E-state index contributed by atoms with van der Waals surface area (Å²) in [5.74, 6) is -1.21. The Bertz CT molecular complexity index is 377. The monoisotopic (exact) mass is 234 g/mol. The highest BCUT2D eigenvalue weighted by atomic mass is 16.5. The first-order valence-electron chi connectivity index (χ1n) is 6.08. The van der Waals surface area contributed by atoms with Crippen molar-refractivity contribution in [3.8, 4) is 0 Å². The lowest BCUT2D eigenvalue weighted by molar-refractivity contribution is -0.139. The first kappa shape index (κ1) is 12.1. The van der Waals surface area contributed by atoms with Crippen LogP contribution >= 0.6 is 0 Å². The van der Waals surface area contributed by atoms with E-state index in [2.05, 4.69) is 0 Å². The van der Waals surface area contributed by atoms with Crippen molar-refractivity contribution in [3.63, 3.8) is 0 Å². The zero-order chi connectivity index (χ0) is 12.3. The Morgan fingerprint density at radius 3 is 2.71 bits per heavy atom. The van der Waals surface area contributed by atoms with Gasteiger partial charge in [0.2, 0.25) is 0 Å². The first-order valence-corrected chi connectivity index (χ1v) is 6.08. The molecule has 1 saturated heterocycles. The summed E-state index contributed by atoms with van der Waals surface area (Å²) < 4.78 is 5.52. The maximum Gasteiger partial charge on any atom is 0.311 e. The molecular formula is C14H18O3. The molecular weight excluding hydrogens is 216 g/mol. The fraction of sp³-hybridized carbons (Fsp3) is 0.500. The van der Waals surface area contributed by atoms with E-state index in [9.17, 15) is 9.90 Å². The fourth-order valence-electron chi connectivity index (χ4n) is 2.27. The number of benzene rings is 1. The van der Waals surface area contributed by atoms with Gasteiger partial charge in [0, 0.05) is 6.61 Å². The highest BCUT2D eigenvalue weighted by Crippen LogP contribution is 2.27. The minimum atomic E-state index is -0.760. The van der Waals surface area contributed by atoms with Gasteiger partial charge in [-0.2, -0.15) is 0 Å². The van der Waals surface area contributed by atoms with Crippen molar-refractivity contribution in [3.05, 3.63) is 35.4 Å². The highest BCUT2D eigenvalue weighted by Gasteiger charge is 2.26. The molecule has 1 N–H and O–H groups in total. The summed E-state index contributed by atoms with van der Waals surface area (Å²) in [4.78, 5) is 11.3. The standard InChI is InChI=1S/C14H18O3/c1-10-4-6-11(7-5-10)13(14(15)16)9-12-3-2-8-17-12/h4-7,12-13H,2-3,8-9H2,1H3,(H,15,16). The lowest BCUT2D eigenvalue weighted by atomic mass is 9.92. The molecule has 0 aliphatic carbocycles. The van der Waals surface area contributed by atoms with Crippen LogP contribution < -0.4 is 0 Å². The zero-order valence-electron chi connectivity index (χ0n) is 10.1. The molecule has 1 aromatic carbocycles. The second-order valence-corrected chi connectivity index (χ2v) is 4.67. The van der Waals surface area contributed by atoms with E-state index in [1.807, 2.05) is 31.2 Å². The van der Waals surface area contributed by atoms with E-state index in [1.54, 1.807) is 0 Å². The second kappa shape index (κ2) is 5.32. The van der Waals surface area contributed by atoms with Crippen LogP contribution in [0.4, 0.5) is 0 Å². The molecule has 1 aliphatic heterocycles. The van der Waals surface area contributed by atoms with Crippen LogP contribution in [0.15, 0.2) is 24.3 Å². The van der Waals surface area contributed by atoms with E-state index in [-0.39, 0.29) is 6.10 Å². The summed E-state index contributed by atoms with van der Waals surface area (Å²) >= 11 is 0. The Kier molecular flexibility index (Phi) is 3.79. The molecule has 0 bridgehead atoms. The van der Waals surface area contributed by atoms with Gasteiger partial charge in [0.1, 0.15) is 0 Å². The molecule has 3 heteroatoms. The molecule has 1 heterocycles. The molecule has 92 valence electrons. The zero-order valence-corrected chi connectivity index (χ0v) is 10.1. The number of carbonyl (C=O) groups is 1. The first-order chi connectivity index (χ1) is 8.16. The van der Waals surface area contributed by atoms with Gasteiger partial charge in [-0.1, -0.05) is 29.8 Å². The number of aryl methyl sites for hydroxylation is 1. The van der Waals surface area contributed by atoms with Crippen LogP contribution in [0.1, 0.15) is 36.3 Å². The summed E-state index contributed by atoms with van der Waals surface area (Å²) in [7, 11) is 0. The highest BCUT2D eigenvalue weighted by molar-refractivity contribution is 5.76. The molecule has 0 spiro atoms. The second-order valence-electron chi connectivity index (χ2n) is 4.67. The lowest BCUT2D eigenvalue weighted by Gasteiger charge is -2.17. The van der Waals surface area contributed by atoms with Gasteiger partial charge in [-0.05, 0) is 31.7 Å². The van der Waals surface area contributed by atoms with E-state index in [0.717, 1.165) is 30.6 Å². The SMILES string of the molecule is Cc1ccc(C(CC2CCCO2)C(=O)O)cc1. The van der Waals surface area contributed by atoms with Crippen LogP contribution in [0.5, 0.6) is 0 Å². The van der Waals surface area contributed by atoms with Crippen LogP contribution in [0.2, 0.25) is 0 Å². The van der Waals surface area contributed by atoms with Gasteiger partial charge >= 0.3 is 5.97 Å². The number of aliphatic carboxylic acids is 1. The summed E-state index contributed by atoms with van der Waals surface area (Å²) in [6.07, 6.45) is 2.72. The van der Waals surface area contributed by atoms with Gasteiger partial charge in [0.15, 0.2) is 0 Å². The van der Waals surface area contributed by atoms with E-state index in [0.29, 0.717) is 6.42 Å². The van der Waals surface area contributed by atoms with Gasteiger partial charge in [-0.3, -0.25) is 4.79 Å². The van der Waals surface area contributed by atoms with Gasteiger partial charge in [-0.25, -0.2) is 0 Å². The summed E-state index contributed by atoms with van der Waals surface area (Å²) in [6.45, 7) is 2.77.